The Hall–Kier alpha value is -3.27. The van der Waals surface area contributed by atoms with Crippen molar-refractivity contribution in [2.75, 3.05) is 31.1 Å². The van der Waals surface area contributed by atoms with Crippen LogP contribution in [-0.2, 0) is 4.79 Å². The summed E-state index contributed by atoms with van der Waals surface area (Å²) in [7, 11) is 3.08. The zero-order chi connectivity index (χ0) is 20.1. The molecule has 0 saturated carbocycles. The Morgan fingerprint density at radius 1 is 1.18 bits per heavy atom. The normalized spacial score (nSPS) is 10.5. The number of amides is 1. The quantitative estimate of drug-likeness (QED) is 0.461. The summed E-state index contributed by atoms with van der Waals surface area (Å²) in [4.78, 5) is 12.1. The van der Waals surface area contributed by atoms with Gasteiger partial charge in [0.2, 0.25) is 11.1 Å². The second-order valence-corrected chi connectivity index (χ2v) is 6.51. The number of hydrogen-bond acceptors (Lipinski definition) is 7. The number of halogens is 1. The van der Waals surface area contributed by atoms with Crippen molar-refractivity contribution in [3.05, 3.63) is 48.3 Å². The first-order valence-electron chi connectivity index (χ1n) is 8.13. The molecule has 0 unspecified atom stereocenters. The Morgan fingerprint density at radius 3 is 2.64 bits per heavy atom. The van der Waals surface area contributed by atoms with E-state index in [1.165, 1.54) is 23.9 Å². The van der Waals surface area contributed by atoms with Gasteiger partial charge in [-0.3, -0.25) is 4.79 Å². The van der Waals surface area contributed by atoms with E-state index in [-0.39, 0.29) is 17.3 Å². The van der Waals surface area contributed by atoms with Crippen LogP contribution in [0, 0.1) is 5.82 Å². The molecule has 0 saturated heterocycles. The second kappa shape index (κ2) is 8.61. The van der Waals surface area contributed by atoms with Crippen molar-refractivity contribution in [1.82, 2.24) is 14.9 Å². The highest BCUT2D eigenvalue weighted by Crippen LogP contribution is 2.32. The van der Waals surface area contributed by atoms with Gasteiger partial charge < -0.3 is 20.6 Å². The van der Waals surface area contributed by atoms with Gasteiger partial charge in [-0.1, -0.05) is 23.9 Å². The van der Waals surface area contributed by atoms with E-state index in [2.05, 4.69) is 15.5 Å². The molecule has 10 heteroatoms. The number of aromatic nitrogens is 3. The summed E-state index contributed by atoms with van der Waals surface area (Å²) in [5.41, 5.74) is 0.795. The lowest BCUT2D eigenvalue weighted by atomic mass is 10.2. The van der Waals surface area contributed by atoms with E-state index in [1.54, 1.807) is 37.4 Å². The van der Waals surface area contributed by atoms with Gasteiger partial charge in [0.25, 0.3) is 0 Å². The Bertz CT molecular complexity index is 995. The first-order valence-corrected chi connectivity index (χ1v) is 9.12. The van der Waals surface area contributed by atoms with Gasteiger partial charge in [-0.15, -0.1) is 10.2 Å². The third kappa shape index (κ3) is 4.17. The van der Waals surface area contributed by atoms with Gasteiger partial charge in [0.05, 0.1) is 25.7 Å². The van der Waals surface area contributed by atoms with Crippen LogP contribution >= 0.6 is 11.8 Å². The number of para-hydroxylation sites is 1. The predicted octanol–water partition coefficient (Wildman–Crippen LogP) is 2.55. The molecule has 1 aromatic heterocycles. The van der Waals surface area contributed by atoms with Crippen LogP contribution in [0.15, 0.2) is 47.6 Å². The Balaban J connectivity index is 1.70. The van der Waals surface area contributed by atoms with Crippen LogP contribution in [-0.4, -0.2) is 40.8 Å². The minimum atomic E-state index is -0.501. The van der Waals surface area contributed by atoms with Crippen molar-refractivity contribution in [2.45, 2.75) is 5.16 Å². The minimum Gasteiger partial charge on any atom is -0.493 e. The fraction of sp³-hybridized carbons (Fsp3) is 0.167. The first kappa shape index (κ1) is 19.5. The summed E-state index contributed by atoms with van der Waals surface area (Å²) in [6.07, 6.45) is 0. The molecule has 1 amide bonds. The van der Waals surface area contributed by atoms with Crippen LogP contribution in [0.1, 0.15) is 0 Å². The number of anilines is 1. The number of nitrogens with two attached hydrogens (primary N) is 1. The number of rotatable bonds is 7. The van der Waals surface area contributed by atoms with E-state index in [0.717, 1.165) is 11.8 Å². The molecule has 0 spiro atoms. The zero-order valence-electron chi connectivity index (χ0n) is 15.2. The molecule has 0 fully saturated rings. The molecule has 0 bridgehead atoms. The molecular formula is C18H18FN5O3S. The Kier molecular flexibility index (Phi) is 5.99. The maximum atomic E-state index is 13.6. The maximum Gasteiger partial charge on any atom is 0.234 e. The average Bonchev–Trinajstić information content (AvgIpc) is 3.08. The number of benzene rings is 2. The highest BCUT2D eigenvalue weighted by Gasteiger charge is 2.16. The smallest absolute Gasteiger partial charge is 0.234 e. The van der Waals surface area contributed by atoms with Crippen molar-refractivity contribution in [3.8, 4) is 22.9 Å². The molecule has 3 rings (SSSR count). The number of nitrogens with one attached hydrogen (secondary N) is 1. The van der Waals surface area contributed by atoms with Gasteiger partial charge in [0.1, 0.15) is 5.82 Å². The van der Waals surface area contributed by atoms with Crippen molar-refractivity contribution in [1.29, 1.82) is 0 Å². The van der Waals surface area contributed by atoms with Crippen LogP contribution in [0.2, 0.25) is 0 Å². The number of nitrogens with zero attached hydrogens (tertiary/aromatic N) is 3. The summed E-state index contributed by atoms with van der Waals surface area (Å²) in [5, 5.41) is 10.9. The third-order valence-electron chi connectivity index (χ3n) is 3.79. The number of methoxy groups -OCH3 is 2. The van der Waals surface area contributed by atoms with Gasteiger partial charge in [-0.25, -0.2) is 9.07 Å². The predicted molar refractivity (Wildman–Crippen MR) is 104 cm³/mol. The summed E-state index contributed by atoms with van der Waals surface area (Å²) >= 11 is 1.09. The number of ether oxygens (including phenoxy) is 2. The lowest BCUT2D eigenvalue weighted by molar-refractivity contribution is -0.113. The fourth-order valence-corrected chi connectivity index (χ4v) is 3.08. The summed E-state index contributed by atoms with van der Waals surface area (Å²) < 4.78 is 25.4. The van der Waals surface area contributed by atoms with Gasteiger partial charge in [-0.05, 0) is 30.3 Å². The Morgan fingerprint density at radius 2 is 1.93 bits per heavy atom. The van der Waals surface area contributed by atoms with E-state index in [0.29, 0.717) is 28.0 Å². The molecule has 8 nitrogen and oxygen atoms in total. The second-order valence-electron chi connectivity index (χ2n) is 5.56. The number of nitrogen functional groups attached to an aromatic ring is 1. The molecule has 0 aliphatic rings. The molecule has 0 atom stereocenters. The van der Waals surface area contributed by atoms with Crippen LogP contribution in [0.5, 0.6) is 11.5 Å². The van der Waals surface area contributed by atoms with E-state index in [9.17, 15) is 9.18 Å². The lowest BCUT2D eigenvalue weighted by Crippen LogP contribution is -2.17. The van der Waals surface area contributed by atoms with E-state index in [1.807, 2.05) is 0 Å². The molecule has 3 aromatic rings. The van der Waals surface area contributed by atoms with Crippen LogP contribution < -0.4 is 20.6 Å². The largest absolute Gasteiger partial charge is 0.493 e. The van der Waals surface area contributed by atoms with Crippen molar-refractivity contribution >= 4 is 23.4 Å². The average molecular weight is 403 g/mol. The van der Waals surface area contributed by atoms with Gasteiger partial charge in [0, 0.05) is 5.56 Å². The zero-order valence-corrected chi connectivity index (χ0v) is 16.0. The lowest BCUT2D eigenvalue weighted by Gasteiger charge is -2.09. The number of carbonyl (C=O) groups is 1. The van der Waals surface area contributed by atoms with E-state index >= 15 is 0 Å². The minimum absolute atomic E-state index is 0.00436. The molecule has 0 aliphatic heterocycles. The van der Waals surface area contributed by atoms with Crippen molar-refractivity contribution < 1.29 is 18.7 Å². The van der Waals surface area contributed by atoms with Gasteiger partial charge >= 0.3 is 0 Å². The molecule has 3 N–H and O–H groups in total. The number of hydrogen-bond donors (Lipinski definition) is 2. The van der Waals surface area contributed by atoms with Gasteiger partial charge in [-0.2, -0.15) is 0 Å². The first-order chi connectivity index (χ1) is 13.5. The van der Waals surface area contributed by atoms with Crippen molar-refractivity contribution in [2.24, 2.45) is 0 Å². The molecule has 0 aliphatic carbocycles. The maximum absolute atomic E-state index is 13.6. The fourth-order valence-electron chi connectivity index (χ4n) is 2.43. The molecule has 1 heterocycles. The topological polar surface area (TPSA) is 104 Å². The highest BCUT2D eigenvalue weighted by molar-refractivity contribution is 7.99. The Labute approximate surface area is 164 Å². The highest BCUT2D eigenvalue weighted by atomic mass is 32.2. The van der Waals surface area contributed by atoms with Crippen LogP contribution in [0.4, 0.5) is 10.1 Å². The standard InChI is InChI=1S/C18H18FN5O3S/c1-26-14-8-7-11(9-15(14)27-2)17-22-23-18(24(17)20)28-10-16(25)21-13-6-4-3-5-12(13)19/h3-9H,10,20H2,1-2H3,(H,21,25). The molecular weight excluding hydrogens is 385 g/mol. The monoisotopic (exact) mass is 403 g/mol. The third-order valence-corrected chi connectivity index (χ3v) is 4.73. The van der Waals surface area contributed by atoms with Crippen molar-refractivity contribution in [3.63, 3.8) is 0 Å². The summed E-state index contributed by atoms with van der Waals surface area (Å²) in [6.45, 7) is 0. The summed E-state index contributed by atoms with van der Waals surface area (Å²) in [5.74, 6) is 6.69. The number of thioether (sulfide) groups is 1. The molecule has 2 aromatic carbocycles. The summed E-state index contributed by atoms with van der Waals surface area (Å²) in [6, 6.07) is 11.2. The molecule has 28 heavy (non-hydrogen) atoms. The molecule has 146 valence electrons. The van der Waals surface area contributed by atoms with E-state index in [4.69, 9.17) is 15.3 Å². The van der Waals surface area contributed by atoms with Crippen LogP contribution in [0.25, 0.3) is 11.4 Å². The van der Waals surface area contributed by atoms with Crippen LogP contribution in [0.3, 0.4) is 0 Å². The molecule has 0 radical (unpaired) electrons. The number of carbonyl (C=O) groups excluding carboxylic acids is 1. The van der Waals surface area contributed by atoms with Gasteiger partial charge in [0.15, 0.2) is 17.3 Å². The van der Waals surface area contributed by atoms with E-state index < -0.39 is 5.82 Å². The SMILES string of the molecule is COc1ccc(-c2nnc(SCC(=O)Nc3ccccc3F)n2N)cc1OC.